The average molecular weight is 246 g/mol. The molecule has 0 saturated carbocycles. The van der Waals surface area contributed by atoms with Gasteiger partial charge in [-0.05, 0) is 37.1 Å². The summed E-state index contributed by atoms with van der Waals surface area (Å²) in [6.45, 7) is 0.352. The third-order valence-corrected chi connectivity index (χ3v) is 3.00. The molecule has 1 aromatic carbocycles. The Morgan fingerprint density at radius 3 is 2.31 bits per heavy atom. The van der Waals surface area contributed by atoms with Crippen molar-refractivity contribution in [2.24, 2.45) is 5.14 Å². The first kappa shape index (κ1) is 12.9. The molecule has 0 amide bonds. The number of hydrogen-bond acceptors (Lipinski definition) is 3. The molecule has 0 fully saturated rings. The van der Waals surface area contributed by atoms with E-state index < -0.39 is 10.0 Å². The van der Waals surface area contributed by atoms with E-state index >= 15 is 0 Å². The smallest absolute Gasteiger partial charge is 0.238 e. The van der Waals surface area contributed by atoms with Crippen molar-refractivity contribution in [2.45, 2.75) is 17.7 Å². The molecule has 0 aliphatic heterocycles. The van der Waals surface area contributed by atoms with Crippen molar-refractivity contribution in [3.05, 3.63) is 24.3 Å². The number of benzene rings is 1. The molecule has 16 heavy (non-hydrogen) atoms. The summed E-state index contributed by atoms with van der Waals surface area (Å²) in [6, 6.07) is 6.14. The van der Waals surface area contributed by atoms with Gasteiger partial charge in [0.25, 0.3) is 0 Å². The Labute approximate surface area is 94.7 Å². The van der Waals surface area contributed by atoms with E-state index in [-0.39, 0.29) is 11.6 Å². The molecule has 0 saturated heterocycles. The fourth-order valence-corrected chi connectivity index (χ4v) is 1.73. The van der Waals surface area contributed by atoms with Crippen LogP contribution in [0.5, 0.6) is 0 Å². The van der Waals surface area contributed by atoms with E-state index in [0.717, 1.165) is 12.1 Å². The van der Waals surface area contributed by atoms with Crippen LogP contribution in [0.2, 0.25) is 0 Å². The van der Waals surface area contributed by atoms with E-state index in [9.17, 15) is 12.8 Å². The number of alkyl halides is 1. The zero-order valence-corrected chi connectivity index (χ0v) is 9.63. The van der Waals surface area contributed by atoms with Crippen LogP contribution < -0.4 is 10.5 Å². The molecule has 0 radical (unpaired) electrons. The Bertz CT molecular complexity index is 417. The molecular weight excluding hydrogens is 231 g/mol. The fourth-order valence-electron chi connectivity index (χ4n) is 1.21. The summed E-state index contributed by atoms with van der Waals surface area (Å²) in [5.41, 5.74) is 0.797. The highest BCUT2D eigenvalue weighted by atomic mass is 32.2. The molecule has 0 atom stereocenters. The summed E-state index contributed by atoms with van der Waals surface area (Å²) in [5.74, 6) is 0. The van der Waals surface area contributed by atoms with Crippen LogP contribution in [0.1, 0.15) is 12.8 Å². The minimum Gasteiger partial charge on any atom is -0.385 e. The second kappa shape index (κ2) is 5.81. The van der Waals surface area contributed by atoms with Crippen LogP contribution in [0.3, 0.4) is 0 Å². The average Bonchev–Trinajstić information content (AvgIpc) is 2.24. The predicted molar refractivity (Wildman–Crippen MR) is 61.5 cm³/mol. The lowest BCUT2D eigenvalue weighted by Gasteiger charge is -2.05. The summed E-state index contributed by atoms with van der Waals surface area (Å²) in [4.78, 5) is 0.0850. The third-order valence-electron chi connectivity index (χ3n) is 2.07. The molecule has 0 aromatic heterocycles. The first-order valence-corrected chi connectivity index (χ1v) is 6.51. The first-order valence-electron chi connectivity index (χ1n) is 4.97. The van der Waals surface area contributed by atoms with Crippen molar-refractivity contribution < 1.29 is 12.8 Å². The second-order valence-corrected chi connectivity index (χ2v) is 4.95. The number of sulfonamides is 1. The van der Waals surface area contributed by atoms with E-state index in [0.29, 0.717) is 13.0 Å². The van der Waals surface area contributed by atoms with E-state index in [2.05, 4.69) is 5.32 Å². The first-order chi connectivity index (χ1) is 7.54. The second-order valence-electron chi connectivity index (χ2n) is 3.39. The van der Waals surface area contributed by atoms with E-state index in [4.69, 9.17) is 5.14 Å². The van der Waals surface area contributed by atoms with Crippen molar-refractivity contribution in [2.75, 3.05) is 18.5 Å². The van der Waals surface area contributed by atoms with Gasteiger partial charge in [-0.15, -0.1) is 0 Å². The minimum absolute atomic E-state index is 0.0850. The highest BCUT2D eigenvalue weighted by Gasteiger charge is 2.06. The maximum Gasteiger partial charge on any atom is 0.238 e. The molecule has 90 valence electrons. The van der Waals surface area contributed by atoms with Gasteiger partial charge in [0.15, 0.2) is 0 Å². The van der Waals surface area contributed by atoms with E-state index in [1.165, 1.54) is 12.1 Å². The van der Waals surface area contributed by atoms with Crippen molar-refractivity contribution >= 4 is 15.7 Å². The molecule has 4 nitrogen and oxygen atoms in total. The fraction of sp³-hybridized carbons (Fsp3) is 0.400. The van der Waals surface area contributed by atoms with E-state index in [1.54, 1.807) is 12.1 Å². The standard InChI is InChI=1S/C10H15FN2O2S/c11-7-1-2-8-13-9-3-5-10(6-4-9)16(12,14)15/h3-6,13H,1-2,7-8H2,(H2,12,14,15). The van der Waals surface area contributed by atoms with Crippen LogP contribution in [-0.2, 0) is 10.0 Å². The summed E-state index contributed by atoms with van der Waals surface area (Å²) in [6.07, 6.45) is 1.27. The molecular formula is C10H15FN2O2S. The maximum absolute atomic E-state index is 11.8. The number of primary sulfonamides is 1. The van der Waals surface area contributed by atoms with Crippen LogP contribution in [0.25, 0.3) is 0 Å². The number of unbranched alkanes of at least 4 members (excludes halogenated alkanes) is 1. The van der Waals surface area contributed by atoms with Crippen LogP contribution in [-0.4, -0.2) is 21.6 Å². The van der Waals surface area contributed by atoms with Crippen LogP contribution in [0, 0.1) is 0 Å². The van der Waals surface area contributed by atoms with Crippen molar-refractivity contribution in [1.82, 2.24) is 0 Å². The highest BCUT2D eigenvalue weighted by molar-refractivity contribution is 7.89. The Morgan fingerprint density at radius 2 is 1.81 bits per heavy atom. The van der Waals surface area contributed by atoms with Gasteiger partial charge >= 0.3 is 0 Å². The lowest BCUT2D eigenvalue weighted by Crippen LogP contribution is -2.12. The molecule has 1 aromatic rings. The Kier molecular flexibility index (Phi) is 4.70. The number of hydrogen-bond donors (Lipinski definition) is 2. The molecule has 0 aliphatic rings. The summed E-state index contributed by atoms with van der Waals surface area (Å²) in [7, 11) is -3.63. The van der Waals surface area contributed by atoms with Gasteiger partial charge in [-0.2, -0.15) is 0 Å². The monoisotopic (exact) mass is 246 g/mol. The number of halogens is 1. The third kappa shape index (κ3) is 4.16. The normalized spacial score (nSPS) is 11.4. The van der Waals surface area contributed by atoms with E-state index in [1.807, 2.05) is 0 Å². The molecule has 6 heteroatoms. The quantitative estimate of drug-likeness (QED) is 0.747. The Morgan fingerprint density at radius 1 is 1.19 bits per heavy atom. The number of rotatable bonds is 6. The Hall–Kier alpha value is -1.14. The SMILES string of the molecule is NS(=O)(=O)c1ccc(NCCCCF)cc1. The lowest BCUT2D eigenvalue weighted by molar-refractivity contribution is 0.466. The maximum atomic E-state index is 11.8. The van der Waals surface area contributed by atoms with Crippen molar-refractivity contribution in [3.8, 4) is 0 Å². The molecule has 0 spiro atoms. The zero-order chi connectivity index (χ0) is 12.0. The highest BCUT2D eigenvalue weighted by Crippen LogP contribution is 2.12. The summed E-state index contributed by atoms with van der Waals surface area (Å²) in [5, 5.41) is 8.01. The number of nitrogens with one attached hydrogen (secondary N) is 1. The van der Waals surface area contributed by atoms with Crippen molar-refractivity contribution in [1.29, 1.82) is 0 Å². The van der Waals surface area contributed by atoms with Crippen LogP contribution >= 0.6 is 0 Å². The van der Waals surface area contributed by atoms with Gasteiger partial charge in [0.1, 0.15) is 0 Å². The molecule has 0 heterocycles. The van der Waals surface area contributed by atoms with Gasteiger partial charge < -0.3 is 5.32 Å². The van der Waals surface area contributed by atoms with Gasteiger partial charge in [0, 0.05) is 12.2 Å². The van der Waals surface area contributed by atoms with Gasteiger partial charge in [-0.25, -0.2) is 13.6 Å². The number of nitrogens with two attached hydrogens (primary N) is 1. The lowest BCUT2D eigenvalue weighted by atomic mass is 10.3. The molecule has 3 N–H and O–H groups in total. The Balaban J connectivity index is 2.52. The van der Waals surface area contributed by atoms with Crippen LogP contribution in [0.15, 0.2) is 29.2 Å². The molecule has 0 aliphatic carbocycles. The van der Waals surface area contributed by atoms with Crippen LogP contribution in [0.4, 0.5) is 10.1 Å². The minimum atomic E-state index is -3.63. The summed E-state index contributed by atoms with van der Waals surface area (Å²) < 4.78 is 33.7. The summed E-state index contributed by atoms with van der Waals surface area (Å²) >= 11 is 0. The molecule has 0 bridgehead atoms. The predicted octanol–water partition coefficient (Wildman–Crippen LogP) is 1.50. The van der Waals surface area contributed by atoms with Gasteiger partial charge in [-0.1, -0.05) is 0 Å². The topological polar surface area (TPSA) is 72.2 Å². The largest absolute Gasteiger partial charge is 0.385 e. The molecule has 1 rings (SSSR count). The van der Waals surface area contributed by atoms with Gasteiger partial charge in [-0.3, -0.25) is 4.39 Å². The van der Waals surface area contributed by atoms with Crippen molar-refractivity contribution in [3.63, 3.8) is 0 Å². The van der Waals surface area contributed by atoms with Gasteiger partial charge in [0.05, 0.1) is 11.6 Å². The zero-order valence-electron chi connectivity index (χ0n) is 8.82. The molecule has 0 unspecified atom stereocenters. The number of anilines is 1. The van der Waals surface area contributed by atoms with Gasteiger partial charge in [0.2, 0.25) is 10.0 Å².